The Labute approximate surface area is 142 Å². The summed E-state index contributed by atoms with van der Waals surface area (Å²) in [6, 6.07) is 7.21. The summed E-state index contributed by atoms with van der Waals surface area (Å²) >= 11 is 5.84. The third-order valence-corrected chi connectivity index (χ3v) is 3.38. The van der Waals surface area contributed by atoms with Crippen molar-refractivity contribution in [1.29, 1.82) is 0 Å². The van der Waals surface area contributed by atoms with E-state index in [4.69, 9.17) is 11.6 Å². The van der Waals surface area contributed by atoms with Crippen molar-refractivity contribution >= 4 is 23.5 Å². The monoisotopic (exact) mass is 346 g/mol. The van der Waals surface area contributed by atoms with Crippen molar-refractivity contribution in [3.8, 4) is 11.4 Å². The molecule has 0 aliphatic carbocycles. The van der Waals surface area contributed by atoms with Gasteiger partial charge in [0.05, 0.1) is 0 Å². The lowest BCUT2D eigenvalue weighted by atomic mass is 10.2. The standard InChI is InChI=1S/C14H15ClN8O/c1-9(2)22-8-16-14(20-22)17-12(24)7-23-19-13(18-21-23)10-3-5-11(15)6-4-10/h3-6,8-9H,7H2,1-2H3,(H,17,20,24). The normalized spacial score (nSPS) is 11.0. The molecule has 0 saturated carbocycles. The first kappa shape index (κ1) is 16.1. The Morgan fingerprint density at radius 3 is 2.67 bits per heavy atom. The molecule has 0 aliphatic rings. The zero-order valence-corrected chi connectivity index (χ0v) is 13.8. The van der Waals surface area contributed by atoms with Crippen LogP contribution in [0.15, 0.2) is 30.6 Å². The van der Waals surface area contributed by atoms with Crippen LogP contribution in [0.2, 0.25) is 5.02 Å². The Morgan fingerprint density at radius 2 is 2.00 bits per heavy atom. The van der Waals surface area contributed by atoms with Crippen LogP contribution < -0.4 is 5.32 Å². The van der Waals surface area contributed by atoms with Gasteiger partial charge in [0.1, 0.15) is 12.9 Å². The van der Waals surface area contributed by atoms with Gasteiger partial charge in [-0.05, 0) is 43.3 Å². The number of aromatic nitrogens is 7. The van der Waals surface area contributed by atoms with Gasteiger partial charge in [-0.1, -0.05) is 11.6 Å². The van der Waals surface area contributed by atoms with E-state index in [1.54, 1.807) is 35.3 Å². The van der Waals surface area contributed by atoms with Gasteiger partial charge in [0.25, 0.3) is 0 Å². The predicted octanol–water partition coefficient (Wildman–Crippen LogP) is 1.80. The van der Waals surface area contributed by atoms with E-state index in [9.17, 15) is 4.79 Å². The number of anilines is 1. The molecule has 0 saturated heterocycles. The summed E-state index contributed by atoms with van der Waals surface area (Å²) in [7, 11) is 0. The van der Waals surface area contributed by atoms with Crippen LogP contribution in [0.25, 0.3) is 11.4 Å². The highest BCUT2D eigenvalue weighted by atomic mass is 35.5. The molecule has 0 radical (unpaired) electrons. The van der Waals surface area contributed by atoms with Crippen LogP contribution in [-0.2, 0) is 11.3 Å². The number of amides is 1. The minimum Gasteiger partial charge on any atom is -0.292 e. The van der Waals surface area contributed by atoms with Crippen molar-refractivity contribution < 1.29 is 4.79 Å². The second-order valence-electron chi connectivity index (χ2n) is 5.34. The van der Waals surface area contributed by atoms with Crippen LogP contribution in [0.1, 0.15) is 19.9 Å². The number of benzene rings is 1. The molecular weight excluding hydrogens is 332 g/mol. The zero-order chi connectivity index (χ0) is 17.1. The maximum atomic E-state index is 12.0. The number of halogens is 1. The van der Waals surface area contributed by atoms with Crippen molar-refractivity contribution in [2.45, 2.75) is 26.4 Å². The fourth-order valence-corrected chi connectivity index (χ4v) is 2.02. The Bertz CT molecular complexity index is 839. The predicted molar refractivity (Wildman–Crippen MR) is 87.3 cm³/mol. The highest BCUT2D eigenvalue weighted by Gasteiger charge is 2.12. The van der Waals surface area contributed by atoms with Crippen LogP contribution in [-0.4, -0.2) is 40.9 Å². The summed E-state index contributed by atoms with van der Waals surface area (Å²) in [4.78, 5) is 17.2. The second kappa shape index (κ2) is 6.75. The van der Waals surface area contributed by atoms with E-state index in [0.717, 1.165) is 5.56 Å². The van der Waals surface area contributed by atoms with Gasteiger partial charge in [-0.2, -0.15) is 4.80 Å². The van der Waals surface area contributed by atoms with E-state index < -0.39 is 0 Å². The molecule has 9 nitrogen and oxygen atoms in total. The van der Waals surface area contributed by atoms with Gasteiger partial charge in [0.2, 0.25) is 17.7 Å². The van der Waals surface area contributed by atoms with E-state index in [-0.39, 0.29) is 24.4 Å². The molecule has 0 bridgehead atoms. The van der Waals surface area contributed by atoms with Gasteiger partial charge in [0.15, 0.2) is 0 Å². The summed E-state index contributed by atoms with van der Waals surface area (Å²) in [5.74, 6) is 0.324. The lowest BCUT2D eigenvalue weighted by Crippen LogP contribution is -2.21. The molecule has 2 heterocycles. The summed E-state index contributed by atoms with van der Waals surface area (Å²) in [6.07, 6.45) is 1.56. The van der Waals surface area contributed by atoms with Crippen LogP contribution >= 0.6 is 11.6 Å². The molecular formula is C14H15ClN8O. The van der Waals surface area contributed by atoms with Crippen molar-refractivity contribution in [3.63, 3.8) is 0 Å². The highest BCUT2D eigenvalue weighted by Crippen LogP contribution is 2.16. The van der Waals surface area contributed by atoms with Crippen molar-refractivity contribution in [2.24, 2.45) is 0 Å². The molecule has 0 spiro atoms. The smallest absolute Gasteiger partial charge is 0.250 e. The van der Waals surface area contributed by atoms with Crippen molar-refractivity contribution in [2.75, 3.05) is 5.32 Å². The summed E-state index contributed by atoms with van der Waals surface area (Å²) in [6.45, 7) is 3.85. The second-order valence-corrected chi connectivity index (χ2v) is 5.78. The number of carbonyl (C=O) groups excluding carboxylic acids is 1. The third-order valence-electron chi connectivity index (χ3n) is 3.13. The van der Waals surface area contributed by atoms with Crippen LogP contribution in [0.4, 0.5) is 5.95 Å². The minimum atomic E-state index is -0.337. The molecule has 10 heteroatoms. The van der Waals surface area contributed by atoms with Crippen LogP contribution in [0.5, 0.6) is 0 Å². The number of carbonyl (C=O) groups is 1. The highest BCUT2D eigenvalue weighted by molar-refractivity contribution is 6.30. The van der Waals surface area contributed by atoms with E-state index in [2.05, 4.69) is 30.8 Å². The number of rotatable bonds is 5. The number of tetrazole rings is 1. The fourth-order valence-electron chi connectivity index (χ4n) is 1.90. The summed E-state index contributed by atoms with van der Waals surface area (Å²) < 4.78 is 1.65. The maximum Gasteiger partial charge on any atom is 0.250 e. The first-order chi connectivity index (χ1) is 11.5. The topological polar surface area (TPSA) is 103 Å². The minimum absolute atomic E-state index is 0.0865. The van der Waals surface area contributed by atoms with Crippen molar-refractivity contribution in [1.82, 2.24) is 35.0 Å². The first-order valence-electron chi connectivity index (χ1n) is 7.26. The molecule has 0 atom stereocenters. The Hall–Kier alpha value is -2.81. The van der Waals surface area contributed by atoms with Gasteiger partial charge >= 0.3 is 0 Å². The Kier molecular flexibility index (Phi) is 4.52. The number of hydrogen-bond acceptors (Lipinski definition) is 6. The number of nitrogens with zero attached hydrogens (tertiary/aromatic N) is 7. The Balaban J connectivity index is 1.63. The van der Waals surface area contributed by atoms with E-state index in [0.29, 0.717) is 10.8 Å². The first-order valence-corrected chi connectivity index (χ1v) is 7.64. The third kappa shape index (κ3) is 3.74. The van der Waals surface area contributed by atoms with Gasteiger partial charge in [-0.25, -0.2) is 9.67 Å². The lowest BCUT2D eigenvalue weighted by Gasteiger charge is -2.02. The molecule has 2 aromatic heterocycles. The summed E-state index contributed by atoms with van der Waals surface area (Å²) in [5, 5.41) is 19.3. The molecule has 1 amide bonds. The zero-order valence-electron chi connectivity index (χ0n) is 13.1. The molecule has 1 aromatic carbocycles. The molecule has 0 aliphatic heterocycles. The fraction of sp³-hybridized carbons (Fsp3) is 0.286. The van der Waals surface area contributed by atoms with Gasteiger partial charge < -0.3 is 0 Å². The van der Waals surface area contributed by atoms with Gasteiger partial charge in [-0.3, -0.25) is 10.1 Å². The quantitative estimate of drug-likeness (QED) is 0.755. The molecule has 0 fully saturated rings. The molecule has 124 valence electrons. The summed E-state index contributed by atoms with van der Waals surface area (Å²) in [5.41, 5.74) is 0.767. The molecule has 3 rings (SSSR count). The van der Waals surface area contributed by atoms with Crippen molar-refractivity contribution in [3.05, 3.63) is 35.6 Å². The lowest BCUT2D eigenvalue weighted by molar-refractivity contribution is -0.117. The average molecular weight is 347 g/mol. The SMILES string of the molecule is CC(C)n1cnc(NC(=O)Cn2nnc(-c3ccc(Cl)cc3)n2)n1. The Morgan fingerprint density at radius 1 is 1.25 bits per heavy atom. The largest absolute Gasteiger partial charge is 0.292 e. The number of hydrogen-bond donors (Lipinski definition) is 1. The van der Waals surface area contributed by atoms with Crippen LogP contribution in [0, 0.1) is 0 Å². The van der Waals surface area contributed by atoms with Gasteiger partial charge in [-0.15, -0.1) is 15.3 Å². The van der Waals surface area contributed by atoms with E-state index in [1.807, 2.05) is 13.8 Å². The van der Waals surface area contributed by atoms with Gasteiger partial charge in [0, 0.05) is 16.6 Å². The van der Waals surface area contributed by atoms with E-state index >= 15 is 0 Å². The van der Waals surface area contributed by atoms with Crippen LogP contribution in [0.3, 0.4) is 0 Å². The maximum absolute atomic E-state index is 12.0. The molecule has 3 aromatic rings. The molecule has 0 unspecified atom stereocenters. The molecule has 1 N–H and O–H groups in total. The van der Waals surface area contributed by atoms with E-state index in [1.165, 1.54) is 4.80 Å². The number of nitrogens with one attached hydrogen (secondary N) is 1. The average Bonchev–Trinajstić information content (AvgIpc) is 3.17. The molecule has 24 heavy (non-hydrogen) atoms.